The minimum absolute atomic E-state index is 0.401. The third-order valence-corrected chi connectivity index (χ3v) is 4.66. The standard InChI is InChI=1S/C12H21N3S/c1-8-9(2)16-12(15-8)10(7-13)11-5-3-4-6-14-11/h10-11,14H,3-7,13H2,1-2H3. The SMILES string of the molecule is Cc1nc(C(CN)C2CCCCN2)sc1C. The van der Waals surface area contributed by atoms with Crippen molar-refractivity contribution < 1.29 is 0 Å². The molecule has 4 heteroatoms. The Morgan fingerprint density at radius 3 is 2.81 bits per heavy atom. The molecule has 2 rings (SSSR count). The van der Waals surface area contributed by atoms with E-state index in [1.54, 1.807) is 0 Å². The zero-order valence-electron chi connectivity index (χ0n) is 10.1. The van der Waals surface area contributed by atoms with E-state index in [9.17, 15) is 0 Å². The van der Waals surface area contributed by atoms with Crippen molar-refractivity contribution in [2.75, 3.05) is 13.1 Å². The summed E-state index contributed by atoms with van der Waals surface area (Å²) < 4.78 is 0. The molecule has 1 aliphatic heterocycles. The van der Waals surface area contributed by atoms with E-state index < -0.39 is 0 Å². The predicted octanol–water partition coefficient (Wildman–Crippen LogP) is 1.94. The molecule has 0 amide bonds. The summed E-state index contributed by atoms with van der Waals surface area (Å²) in [6.07, 6.45) is 3.85. The van der Waals surface area contributed by atoms with Crippen LogP contribution in [0.25, 0.3) is 0 Å². The highest BCUT2D eigenvalue weighted by Gasteiger charge is 2.26. The molecule has 1 aromatic rings. The minimum atomic E-state index is 0.401. The van der Waals surface area contributed by atoms with E-state index in [1.165, 1.54) is 29.1 Å². The Kier molecular flexibility index (Phi) is 3.95. The van der Waals surface area contributed by atoms with Gasteiger partial charge in [-0.1, -0.05) is 6.42 Å². The van der Waals surface area contributed by atoms with Gasteiger partial charge in [0, 0.05) is 23.4 Å². The molecule has 0 aromatic carbocycles. The third-order valence-electron chi connectivity index (χ3n) is 3.45. The van der Waals surface area contributed by atoms with Crippen LogP contribution in [0, 0.1) is 13.8 Å². The van der Waals surface area contributed by atoms with Crippen molar-refractivity contribution in [1.82, 2.24) is 10.3 Å². The second-order valence-corrected chi connectivity index (χ2v) is 5.83. The van der Waals surface area contributed by atoms with E-state index in [2.05, 4.69) is 24.1 Å². The molecule has 0 aliphatic carbocycles. The number of piperidine rings is 1. The van der Waals surface area contributed by atoms with Crippen molar-refractivity contribution in [1.29, 1.82) is 0 Å². The van der Waals surface area contributed by atoms with E-state index in [0.29, 0.717) is 18.5 Å². The molecule has 0 saturated carbocycles. The molecule has 2 unspecified atom stereocenters. The van der Waals surface area contributed by atoms with Crippen molar-refractivity contribution in [3.63, 3.8) is 0 Å². The van der Waals surface area contributed by atoms with Gasteiger partial charge in [0.2, 0.25) is 0 Å². The number of nitrogens with zero attached hydrogens (tertiary/aromatic N) is 1. The van der Waals surface area contributed by atoms with Crippen LogP contribution in [0.3, 0.4) is 0 Å². The highest BCUT2D eigenvalue weighted by atomic mass is 32.1. The van der Waals surface area contributed by atoms with Gasteiger partial charge in [0.1, 0.15) is 0 Å². The zero-order chi connectivity index (χ0) is 11.5. The maximum absolute atomic E-state index is 5.92. The average Bonchev–Trinajstić information content (AvgIpc) is 2.61. The number of aromatic nitrogens is 1. The lowest BCUT2D eigenvalue weighted by Crippen LogP contribution is -2.41. The summed E-state index contributed by atoms with van der Waals surface area (Å²) in [6, 6.07) is 0.531. The molecule has 90 valence electrons. The lowest BCUT2D eigenvalue weighted by Gasteiger charge is -2.29. The molecule has 16 heavy (non-hydrogen) atoms. The fourth-order valence-electron chi connectivity index (χ4n) is 2.32. The second kappa shape index (κ2) is 5.25. The Labute approximate surface area is 101 Å². The molecule has 2 heterocycles. The smallest absolute Gasteiger partial charge is 0.0990 e. The first-order chi connectivity index (χ1) is 7.72. The predicted molar refractivity (Wildman–Crippen MR) is 69.0 cm³/mol. The highest BCUT2D eigenvalue weighted by molar-refractivity contribution is 7.11. The molecule has 1 saturated heterocycles. The van der Waals surface area contributed by atoms with Gasteiger partial charge in [0.25, 0.3) is 0 Å². The average molecular weight is 239 g/mol. The van der Waals surface area contributed by atoms with Crippen LogP contribution < -0.4 is 11.1 Å². The molecule has 2 atom stereocenters. The van der Waals surface area contributed by atoms with Gasteiger partial charge in [0.15, 0.2) is 0 Å². The monoisotopic (exact) mass is 239 g/mol. The van der Waals surface area contributed by atoms with Gasteiger partial charge in [-0.25, -0.2) is 4.98 Å². The Morgan fingerprint density at radius 2 is 2.31 bits per heavy atom. The number of hydrogen-bond donors (Lipinski definition) is 2. The third kappa shape index (κ3) is 2.44. The summed E-state index contributed by atoms with van der Waals surface area (Å²) in [4.78, 5) is 5.98. The lowest BCUT2D eigenvalue weighted by molar-refractivity contribution is 0.352. The van der Waals surface area contributed by atoms with Gasteiger partial charge < -0.3 is 11.1 Å². The van der Waals surface area contributed by atoms with Crippen molar-refractivity contribution >= 4 is 11.3 Å². The number of hydrogen-bond acceptors (Lipinski definition) is 4. The molecule has 0 bridgehead atoms. The molecular formula is C12H21N3S. The van der Waals surface area contributed by atoms with Gasteiger partial charge in [0.05, 0.1) is 10.7 Å². The second-order valence-electron chi connectivity index (χ2n) is 4.59. The van der Waals surface area contributed by atoms with Crippen molar-refractivity contribution in [2.24, 2.45) is 5.73 Å². The summed E-state index contributed by atoms with van der Waals surface area (Å²) in [6.45, 7) is 6.05. The topological polar surface area (TPSA) is 50.9 Å². The number of aryl methyl sites for hydroxylation is 2. The minimum Gasteiger partial charge on any atom is -0.330 e. The van der Waals surface area contributed by atoms with Gasteiger partial charge in [-0.15, -0.1) is 11.3 Å². The molecular weight excluding hydrogens is 218 g/mol. The van der Waals surface area contributed by atoms with Crippen molar-refractivity contribution in [2.45, 2.75) is 45.1 Å². The van der Waals surface area contributed by atoms with E-state index in [0.717, 1.165) is 12.2 Å². The quantitative estimate of drug-likeness (QED) is 0.847. The van der Waals surface area contributed by atoms with E-state index in [4.69, 9.17) is 5.73 Å². The Hall–Kier alpha value is -0.450. The summed E-state index contributed by atoms with van der Waals surface area (Å²) in [5.41, 5.74) is 7.08. The summed E-state index contributed by atoms with van der Waals surface area (Å²) in [5.74, 6) is 0.401. The molecule has 1 aliphatic rings. The number of nitrogens with one attached hydrogen (secondary N) is 1. The molecule has 3 nitrogen and oxygen atoms in total. The fourth-order valence-corrected chi connectivity index (χ4v) is 3.42. The van der Waals surface area contributed by atoms with Crippen LogP contribution in [-0.4, -0.2) is 24.1 Å². The summed E-state index contributed by atoms with van der Waals surface area (Å²) >= 11 is 1.81. The molecule has 1 fully saturated rings. The van der Waals surface area contributed by atoms with E-state index in [-0.39, 0.29) is 0 Å². The number of rotatable bonds is 3. The highest BCUT2D eigenvalue weighted by Crippen LogP contribution is 2.29. The van der Waals surface area contributed by atoms with Crippen molar-refractivity contribution in [3.8, 4) is 0 Å². The van der Waals surface area contributed by atoms with Crippen LogP contribution in [-0.2, 0) is 0 Å². The molecule has 1 aromatic heterocycles. The van der Waals surface area contributed by atoms with E-state index in [1.807, 2.05) is 11.3 Å². The molecule has 0 spiro atoms. The number of nitrogens with two attached hydrogens (primary N) is 1. The molecule has 3 N–H and O–H groups in total. The van der Waals surface area contributed by atoms with Gasteiger partial charge in [-0.2, -0.15) is 0 Å². The van der Waals surface area contributed by atoms with Crippen LogP contribution in [0.5, 0.6) is 0 Å². The van der Waals surface area contributed by atoms with Gasteiger partial charge >= 0.3 is 0 Å². The Balaban J connectivity index is 2.14. The lowest BCUT2D eigenvalue weighted by atomic mass is 9.92. The first kappa shape index (κ1) is 12.0. The summed E-state index contributed by atoms with van der Waals surface area (Å²) in [7, 11) is 0. The zero-order valence-corrected chi connectivity index (χ0v) is 10.9. The Morgan fingerprint density at radius 1 is 1.50 bits per heavy atom. The van der Waals surface area contributed by atoms with Gasteiger partial charge in [-0.3, -0.25) is 0 Å². The van der Waals surface area contributed by atoms with Crippen LogP contribution in [0.2, 0.25) is 0 Å². The van der Waals surface area contributed by atoms with Crippen LogP contribution in [0.1, 0.15) is 40.8 Å². The van der Waals surface area contributed by atoms with Crippen LogP contribution in [0.4, 0.5) is 0 Å². The maximum Gasteiger partial charge on any atom is 0.0990 e. The maximum atomic E-state index is 5.92. The fraction of sp³-hybridized carbons (Fsp3) is 0.750. The summed E-state index contributed by atoms with van der Waals surface area (Å²) in [5, 5.41) is 4.80. The van der Waals surface area contributed by atoms with Gasteiger partial charge in [-0.05, 0) is 33.2 Å². The van der Waals surface area contributed by atoms with Crippen LogP contribution >= 0.6 is 11.3 Å². The first-order valence-electron chi connectivity index (χ1n) is 6.09. The number of thiazole rings is 1. The molecule has 0 radical (unpaired) electrons. The normalized spacial score (nSPS) is 23.3. The first-order valence-corrected chi connectivity index (χ1v) is 6.91. The largest absolute Gasteiger partial charge is 0.330 e. The van der Waals surface area contributed by atoms with Crippen LogP contribution in [0.15, 0.2) is 0 Å². The van der Waals surface area contributed by atoms with E-state index >= 15 is 0 Å². The Bertz CT molecular complexity index is 323. The van der Waals surface area contributed by atoms with Crippen molar-refractivity contribution in [3.05, 3.63) is 15.6 Å².